The van der Waals surface area contributed by atoms with E-state index in [0.717, 1.165) is 43.6 Å². The van der Waals surface area contributed by atoms with Crippen LogP contribution in [0.3, 0.4) is 0 Å². The number of hydrogen-bond donors (Lipinski definition) is 2. The third-order valence-electron chi connectivity index (χ3n) is 4.05. The van der Waals surface area contributed by atoms with E-state index < -0.39 is 0 Å². The summed E-state index contributed by atoms with van der Waals surface area (Å²) in [5, 5.41) is 11.3. The van der Waals surface area contributed by atoms with E-state index in [0.29, 0.717) is 17.3 Å². The molecule has 0 aromatic carbocycles. The van der Waals surface area contributed by atoms with Gasteiger partial charge >= 0.3 is 0 Å². The lowest BCUT2D eigenvalue weighted by Gasteiger charge is -2.28. The lowest BCUT2D eigenvalue weighted by atomic mass is 10.1. The maximum Gasteiger partial charge on any atom is 0.255 e. The van der Waals surface area contributed by atoms with Gasteiger partial charge in [-0.3, -0.25) is 9.89 Å². The Bertz CT molecular complexity index is 645. The van der Waals surface area contributed by atoms with Crippen molar-refractivity contribution in [1.29, 1.82) is 0 Å². The zero-order valence-electron chi connectivity index (χ0n) is 12.5. The number of amides is 1. The lowest BCUT2D eigenvalue weighted by Crippen LogP contribution is -2.42. The molecule has 112 valence electrons. The van der Waals surface area contributed by atoms with Crippen molar-refractivity contribution >= 4 is 16.9 Å². The van der Waals surface area contributed by atoms with Gasteiger partial charge in [0.2, 0.25) is 0 Å². The maximum atomic E-state index is 12.8. The molecule has 3 rings (SSSR count). The van der Waals surface area contributed by atoms with Crippen molar-refractivity contribution in [2.75, 3.05) is 19.6 Å². The zero-order valence-corrected chi connectivity index (χ0v) is 12.5. The first-order valence-electron chi connectivity index (χ1n) is 7.53. The summed E-state index contributed by atoms with van der Waals surface area (Å²) in [6.45, 7) is 6.69. The minimum atomic E-state index is 0.0700. The molecule has 0 saturated carbocycles. The van der Waals surface area contributed by atoms with E-state index in [1.807, 2.05) is 17.9 Å². The Labute approximate surface area is 123 Å². The summed E-state index contributed by atoms with van der Waals surface area (Å²) in [4.78, 5) is 19.1. The molecule has 1 aliphatic heterocycles. The Morgan fingerprint density at radius 2 is 2.38 bits per heavy atom. The van der Waals surface area contributed by atoms with Gasteiger partial charge in [0.05, 0.1) is 5.56 Å². The van der Waals surface area contributed by atoms with E-state index in [4.69, 9.17) is 0 Å². The Morgan fingerprint density at radius 1 is 1.52 bits per heavy atom. The largest absolute Gasteiger partial charge is 0.334 e. The number of aromatic nitrogens is 3. The zero-order chi connectivity index (χ0) is 14.8. The number of H-pyrrole nitrogens is 1. The second kappa shape index (κ2) is 5.81. The van der Waals surface area contributed by atoms with E-state index >= 15 is 0 Å². The summed E-state index contributed by atoms with van der Waals surface area (Å²) in [6.07, 6.45) is 3.62. The molecule has 6 heteroatoms. The third kappa shape index (κ3) is 2.63. The summed E-state index contributed by atoms with van der Waals surface area (Å²) in [7, 11) is 0. The highest BCUT2D eigenvalue weighted by Crippen LogP contribution is 2.18. The SMILES string of the molecule is CCCN(C(=O)c1cnc2n[nH]c(C)c2c1)C1CCNC1. The average molecular weight is 287 g/mol. The van der Waals surface area contributed by atoms with Gasteiger partial charge in [-0.15, -0.1) is 0 Å². The molecule has 1 unspecified atom stereocenters. The van der Waals surface area contributed by atoms with Crippen LogP contribution in [0.2, 0.25) is 0 Å². The fraction of sp³-hybridized carbons (Fsp3) is 0.533. The molecule has 0 bridgehead atoms. The number of carbonyl (C=O) groups excluding carboxylic acids is 1. The number of fused-ring (bicyclic) bond motifs is 1. The maximum absolute atomic E-state index is 12.8. The molecule has 0 aliphatic carbocycles. The predicted molar refractivity (Wildman–Crippen MR) is 81.2 cm³/mol. The van der Waals surface area contributed by atoms with Crippen molar-refractivity contribution in [3.8, 4) is 0 Å². The Kier molecular flexibility index (Phi) is 3.88. The van der Waals surface area contributed by atoms with Gasteiger partial charge in [-0.2, -0.15) is 5.10 Å². The molecule has 2 N–H and O–H groups in total. The molecule has 1 saturated heterocycles. The Morgan fingerprint density at radius 3 is 3.10 bits per heavy atom. The molecule has 0 spiro atoms. The number of nitrogens with zero attached hydrogens (tertiary/aromatic N) is 3. The van der Waals surface area contributed by atoms with Gasteiger partial charge in [0.1, 0.15) is 0 Å². The van der Waals surface area contributed by atoms with Crippen LogP contribution in [-0.2, 0) is 0 Å². The number of aromatic amines is 1. The van der Waals surface area contributed by atoms with Crippen LogP contribution in [0.25, 0.3) is 11.0 Å². The van der Waals surface area contributed by atoms with E-state index in [1.54, 1.807) is 6.20 Å². The molecule has 1 atom stereocenters. The first-order valence-corrected chi connectivity index (χ1v) is 7.53. The summed E-state index contributed by atoms with van der Waals surface area (Å²) in [5.41, 5.74) is 2.25. The first-order chi connectivity index (χ1) is 10.2. The fourth-order valence-corrected chi connectivity index (χ4v) is 2.90. The number of hydrogen-bond acceptors (Lipinski definition) is 4. The van der Waals surface area contributed by atoms with Crippen LogP contribution in [0.15, 0.2) is 12.3 Å². The highest BCUT2D eigenvalue weighted by molar-refractivity contribution is 5.97. The lowest BCUT2D eigenvalue weighted by molar-refractivity contribution is 0.0692. The van der Waals surface area contributed by atoms with Crippen molar-refractivity contribution in [2.45, 2.75) is 32.7 Å². The van der Waals surface area contributed by atoms with Crippen LogP contribution in [-0.4, -0.2) is 51.7 Å². The third-order valence-corrected chi connectivity index (χ3v) is 4.05. The van der Waals surface area contributed by atoms with Gasteiger partial charge in [-0.05, 0) is 32.4 Å². The van der Waals surface area contributed by atoms with Crippen LogP contribution in [0.4, 0.5) is 0 Å². The molecule has 1 fully saturated rings. The predicted octanol–water partition coefficient (Wildman–Crippen LogP) is 1.48. The van der Waals surface area contributed by atoms with Crippen molar-refractivity contribution < 1.29 is 4.79 Å². The molecule has 1 amide bonds. The molecular formula is C15H21N5O. The molecule has 21 heavy (non-hydrogen) atoms. The number of nitrogens with one attached hydrogen (secondary N) is 2. The van der Waals surface area contributed by atoms with Crippen LogP contribution < -0.4 is 5.32 Å². The quantitative estimate of drug-likeness (QED) is 0.893. The van der Waals surface area contributed by atoms with Crippen LogP contribution >= 0.6 is 0 Å². The molecule has 2 aromatic rings. The van der Waals surface area contributed by atoms with Gasteiger partial charge in [-0.25, -0.2) is 4.98 Å². The number of aryl methyl sites for hydroxylation is 1. The molecule has 1 aliphatic rings. The minimum absolute atomic E-state index is 0.0700. The van der Waals surface area contributed by atoms with Crippen molar-refractivity contribution in [2.24, 2.45) is 0 Å². The first kappa shape index (κ1) is 14.0. The van der Waals surface area contributed by atoms with Gasteiger partial charge in [-0.1, -0.05) is 6.92 Å². The summed E-state index contributed by atoms with van der Waals surface area (Å²) >= 11 is 0. The Balaban J connectivity index is 1.90. The topological polar surface area (TPSA) is 73.9 Å². The fourth-order valence-electron chi connectivity index (χ4n) is 2.90. The van der Waals surface area contributed by atoms with Crippen molar-refractivity contribution in [3.05, 3.63) is 23.5 Å². The standard InChI is InChI=1S/C15H21N5O/c1-3-6-20(12-4-5-16-9-12)15(21)11-7-13-10(2)18-19-14(13)17-8-11/h7-8,12,16H,3-6,9H2,1-2H3,(H,17,18,19). The average Bonchev–Trinajstić information content (AvgIpc) is 3.14. The summed E-state index contributed by atoms with van der Waals surface area (Å²) in [6, 6.07) is 2.19. The second-order valence-electron chi connectivity index (χ2n) is 5.59. The normalized spacial score (nSPS) is 18.3. The molecular weight excluding hydrogens is 266 g/mol. The van der Waals surface area contributed by atoms with Crippen LogP contribution in [0.5, 0.6) is 0 Å². The molecule has 2 aromatic heterocycles. The highest BCUT2D eigenvalue weighted by atomic mass is 16.2. The monoisotopic (exact) mass is 287 g/mol. The summed E-state index contributed by atoms with van der Waals surface area (Å²) in [5.74, 6) is 0.0700. The highest BCUT2D eigenvalue weighted by Gasteiger charge is 2.27. The smallest absolute Gasteiger partial charge is 0.255 e. The van der Waals surface area contributed by atoms with Gasteiger partial charge < -0.3 is 10.2 Å². The van der Waals surface area contributed by atoms with Gasteiger partial charge in [0, 0.05) is 36.4 Å². The summed E-state index contributed by atoms with van der Waals surface area (Å²) < 4.78 is 0. The molecule has 3 heterocycles. The van der Waals surface area contributed by atoms with Crippen molar-refractivity contribution in [3.63, 3.8) is 0 Å². The van der Waals surface area contributed by atoms with Gasteiger partial charge in [0.25, 0.3) is 5.91 Å². The minimum Gasteiger partial charge on any atom is -0.334 e. The number of carbonyl (C=O) groups is 1. The van der Waals surface area contributed by atoms with Gasteiger partial charge in [0.15, 0.2) is 5.65 Å². The van der Waals surface area contributed by atoms with Crippen LogP contribution in [0, 0.1) is 6.92 Å². The number of pyridine rings is 1. The van der Waals surface area contributed by atoms with Crippen LogP contribution in [0.1, 0.15) is 35.8 Å². The Hall–Kier alpha value is -1.95. The van der Waals surface area contributed by atoms with E-state index in [2.05, 4.69) is 27.4 Å². The van der Waals surface area contributed by atoms with Crippen molar-refractivity contribution in [1.82, 2.24) is 25.4 Å². The number of rotatable bonds is 4. The van der Waals surface area contributed by atoms with E-state index in [-0.39, 0.29) is 5.91 Å². The van der Waals surface area contributed by atoms with E-state index in [9.17, 15) is 4.79 Å². The molecule has 6 nitrogen and oxygen atoms in total. The second-order valence-corrected chi connectivity index (χ2v) is 5.59. The molecule has 0 radical (unpaired) electrons. The van der Waals surface area contributed by atoms with E-state index in [1.165, 1.54) is 0 Å².